The van der Waals surface area contributed by atoms with Crippen LogP contribution in [-0.4, -0.2) is 6.04 Å². The molecule has 0 unspecified atom stereocenters. The van der Waals surface area contributed by atoms with Crippen molar-refractivity contribution in [3.63, 3.8) is 0 Å². The van der Waals surface area contributed by atoms with Gasteiger partial charge in [-0.05, 0) is 84.4 Å². The van der Waals surface area contributed by atoms with Crippen LogP contribution in [0.4, 0.5) is 0 Å². The van der Waals surface area contributed by atoms with Crippen molar-refractivity contribution in [3.05, 3.63) is 95.5 Å². The van der Waals surface area contributed by atoms with Crippen LogP contribution in [0.15, 0.2) is 84.9 Å². The van der Waals surface area contributed by atoms with Crippen molar-refractivity contribution in [2.75, 3.05) is 0 Å². The largest absolute Gasteiger partial charge is 0.297 e. The SMILES string of the molecule is CC[C@H]1C[C@]1(CC)[C@H](NP(=O)(c1ccccc1)c1ccccc1)C12CC1(c1ccc(Cl)cc1)C2. The maximum atomic E-state index is 15.1. The summed E-state index contributed by atoms with van der Waals surface area (Å²) in [5.41, 5.74) is 2.03. The van der Waals surface area contributed by atoms with Crippen LogP contribution in [0.3, 0.4) is 0 Å². The summed E-state index contributed by atoms with van der Waals surface area (Å²) in [4.78, 5) is 0. The topological polar surface area (TPSA) is 29.1 Å². The smallest absolute Gasteiger partial charge is 0.204 e. The highest BCUT2D eigenvalue weighted by molar-refractivity contribution is 7.76. The van der Waals surface area contributed by atoms with E-state index in [0.29, 0.717) is 5.92 Å². The third-order valence-corrected chi connectivity index (χ3v) is 12.4. The lowest BCUT2D eigenvalue weighted by molar-refractivity contribution is 0.261. The Labute approximate surface area is 208 Å². The third-order valence-electron chi connectivity index (χ3n) is 9.44. The van der Waals surface area contributed by atoms with Gasteiger partial charge < -0.3 is 0 Å². The van der Waals surface area contributed by atoms with E-state index in [1.807, 2.05) is 72.8 Å². The molecule has 3 aromatic rings. The number of hydrogen-bond donors (Lipinski definition) is 1. The Bertz CT molecular complexity index is 1190. The molecule has 3 aromatic carbocycles. The van der Waals surface area contributed by atoms with Crippen LogP contribution in [0.25, 0.3) is 0 Å². The van der Waals surface area contributed by atoms with E-state index in [1.165, 1.54) is 31.2 Å². The molecule has 4 heteroatoms. The molecule has 3 saturated carbocycles. The summed E-state index contributed by atoms with van der Waals surface area (Å²) < 4.78 is 15.1. The van der Waals surface area contributed by atoms with Gasteiger partial charge in [0.1, 0.15) is 0 Å². The highest BCUT2D eigenvalue weighted by Gasteiger charge is 2.88. The van der Waals surface area contributed by atoms with Crippen molar-refractivity contribution in [1.29, 1.82) is 0 Å². The molecule has 6 rings (SSSR count). The molecule has 3 aliphatic rings. The lowest BCUT2D eigenvalue weighted by Gasteiger charge is -2.35. The van der Waals surface area contributed by atoms with Gasteiger partial charge in [0.05, 0.1) is 0 Å². The van der Waals surface area contributed by atoms with E-state index in [9.17, 15) is 0 Å². The molecular formula is C30H33ClNOP. The Kier molecular flexibility index (Phi) is 5.20. The molecule has 0 heterocycles. The van der Waals surface area contributed by atoms with E-state index < -0.39 is 7.29 Å². The van der Waals surface area contributed by atoms with Crippen molar-refractivity contribution in [2.24, 2.45) is 16.7 Å². The predicted octanol–water partition coefficient (Wildman–Crippen LogP) is 7.09. The molecule has 0 saturated heterocycles. The van der Waals surface area contributed by atoms with Gasteiger partial charge in [0, 0.05) is 27.1 Å². The first kappa shape index (κ1) is 22.6. The fourth-order valence-corrected chi connectivity index (χ4v) is 9.95. The number of halogens is 1. The van der Waals surface area contributed by atoms with Gasteiger partial charge in [-0.25, -0.2) is 0 Å². The normalized spacial score (nSPS) is 32.0. The zero-order chi connectivity index (χ0) is 23.6. The van der Waals surface area contributed by atoms with Gasteiger partial charge in [-0.1, -0.05) is 80.4 Å². The summed E-state index contributed by atoms with van der Waals surface area (Å²) in [5.74, 6) is 0.702. The zero-order valence-corrected chi connectivity index (χ0v) is 21.7. The summed E-state index contributed by atoms with van der Waals surface area (Å²) in [6.45, 7) is 4.66. The third kappa shape index (κ3) is 3.15. The average Bonchev–Trinajstić information content (AvgIpc) is 3.80. The Balaban J connectivity index is 1.44. The van der Waals surface area contributed by atoms with Crippen LogP contribution in [0.2, 0.25) is 5.02 Å². The van der Waals surface area contributed by atoms with Crippen LogP contribution in [0.5, 0.6) is 0 Å². The highest BCUT2D eigenvalue weighted by Crippen LogP contribution is 2.90. The molecule has 3 fully saturated rings. The number of hydrogen-bond acceptors (Lipinski definition) is 1. The van der Waals surface area contributed by atoms with Crippen LogP contribution in [0, 0.1) is 16.7 Å². The number of fused-ring (bicyclic) bond motifs is 1. The van der Waals surface area contributed by atoms with Gasteiger partial charge >= 0.3 is 0 Å². The van der Waals surface area contributed by atoms with Crippen molar-refractivity contribution < 1.29 is 4.57 Å². The van der Waals surface area contributed by atoms with Gasteiger partial charge in [0.2, 0.25) is 7.29 Å². The molecule has 1 N–H and O–H groups in total. The Hall–Kier alpha value is -1.86. The monoisotopic (exact) mass is 489 g/mol. The maximum Gasteiger partial charge on any atom is 0.204 e. The van der Waals surface area contributed by atoms with Crippen molar-refractivity contribution >= 4 is 29.5 Å². The second-order valence-electron chi connectivity index (χ2n) is 10.8. The number of nitrogens with one attached hydrogen (secondary N) is 1. The highest BCUT2D eigenvalue weighted by atomic mass is 35.5. The first-order valence-electron chi connectivity index (χ1n) is 12.7. The first-order valence-corrected chi connectivity index (χ1v) is 14.8. The van der Waals surface area contributed by atoms with Crippen molar-refractivity contribution in [2.45, 2.75) is 57.4 Å². The van der Waals surface area contributed by atoms with E-state index in [4.69, 9.17) is 11.6 Å². The molecule has 34 heavy (non-hydrogen) atoms. The molecule has 3 atom stereocenters. The van der Waals surface area contributed by atoms with Gasteiger partial charge in [-0.2, -0.15) is 0 Å². The van der Waals surface area contributed by atoms with Crippen LogP contribution in [0.1, 0.15) is 51.5 Å². The van der Waals surface area contributed by atoms with Gasteiger partial charge in [0.15, 0.2) is 0 Å². The van der Waals surface area contributed by atoms with Crippen LogP contribution in [-0.2, 0) is 9.98 Å². The van der Waals surface area contributed by atoms with Crippen molar-refractivity contribution in [1.82, 2.24) is 5.09 Å². The summed E-state index contributed by atoms with van der Waals surface area (Å²) in [5, 5.41) is 6.56. The lowest BCUT2D eigenvalue weighted by Crippen LogP contribution is -2.45. The quantitative estimate of drug-likeness (QED) is 0.325. The van der Waals surface area contributed by atoms with Gasteiger partial charge in [-0.3, -0.25) is 9.65 Å². The molecule has 0 amide bonds. The molecule has 0 bridgehead atoms. The number of rotatable bonds is 9. The summed E-state index contributed by atoms with van der Waals surface area (Å²) in [7, 11) is -3.02. The van der Waals surface area contributed by atoms with Crippen LogP contribution < -0.4 is 15.7 Å². The summed E-state index contributed by atoms with van der Waals surface area (Å²) in [6, 6.07) is 28.9. The second-order valence-corrected chi connectivity index (χ2v) is 13.8. The Morgan fingerprint density at radius 3 is 1.94 bits per heavy atom. The fraction of sp³-hybridized carbons (Fsp3) is 0.400. The van der Waals surface area contributed by atoms with E-state index in [1.54, 1.807) is 0 Å². The van der Waals surface area contributed by atoms with Crippen molar-refractivity contribution in [3.8, 4) is 0 Å². The van der Waals surface area contributed by atoms with E-state index in [0.717, 1.165) is 22.1 Å². The Morgan fingerprint density at radius 1 is 0.912 bits per heavy atom. The molecule has 0 aliphatic heterocycles. The zero-order valence-electron chi connectivity index (χ0n) is 20.0. The van der Waals surface area contributed by atoms with E-state index in [-0.39, 0.29) is 22.3 Å². The standard InChI is InChI=1S/C30H33ClNOP/c1-3-22-19-28(22,4-2)27(30-20-29(30,21-30)23-15-17-24(31)18-16-23)32-34(33,25-11-7-5-8-12-25)26-13-9-6-10-14-26/h5-18,22,27H,3-4,19-21H2,1-2H3,(H,32,33)/t22-,27-,28-,29?,30?/m0/s1. The van der Waals surface area contributed by atoms with Gasteiger partial charge in [0.25, 0.3) is 0 Å². The minimum Gasteiger partial charge on any atom is -0.297 e. The summed E-state index contributed by atoms with van der Waals surface area (Å²) in [6.07, 6.45) is 5.92. The second kappa shape index (κ2) is 7.82. The minimum atomic E-state index is -3.02. The average molecular weight is 490 g/mol. The molecule has 0 radical (unpaired) electrons. The maximum absolute atomic E-state index is 15.1. The Morgan fingerprint density at radius 2 is 1.47 bits per heavy atom. The molecule has 2 nitrogen and oxygen atoms in total. The predicted molar refractivity (Wildman–Crippen MR) is 143 cm³/mol. The van der Waals surface area contributed by atoms with Crippen LogP contribution >= 0.6 is 18.9 Å². The van der Waals surface area contributed by atoms with Gasteiger partial charge in [-0.15, -0.1) is 0 Å². The minimum absolute atomic E-state index is 0.194. The molecule has 3 aliphatic carbocycles. The summed E-state index contributed by atoms with van der Waals surface area (Å²) >= 11 is 6.21. The molecule has 176 valence electrons. The fourth-order valence-electron chi connectivity index (χ4n) is 7.18. The number of benzene rings is 3. The molecular weight excluding hydrogens is 457 g/mol. The molecule has 0 aromatic heterocycles. The first-order chi connectivity index (χ1) is 16.4. The van der Waals surface area contributed by atoms with E-state index in [2.05, 4.69) is 31.1 Å². The van der Waals surface area contributed by atoms with E-state index >= 15 is 4.57 Å². The lowest BCUT2D eigenvalue weighted by atomic mass is 9.83. The molecule has 0 spiro atoms.